The summed E-state index contributed by atoms with van der Waals surface area (Å²) in [7, 11) is 0. The number of rotatable bonds is 4. The summed E-state index contributed by atoms with van der Waals surface area (Å²) in [4.78, 5) is 0. The largest absolute Gasteiger partial charge is 0.389 e. The van der Waals surface area contributed by atoms with Crippen LogP contribution in [0.1, 0.15) is 30.2 Å². The Morgan fingerprint density at radius 3 is 2.69 bits per heavy atom. The molecule has 86 valence electrons. The third-order valence-corrected chi connectivity index (χ3v) is 3.21. The molecule has 0 fully saturated rings. The smallest absolute Gasteiger partial charge is 0.233 e. The van der Waals surface area contributed by atoms with Crippen molar-refractivity contribution in [2.75, 3.05) is 0 Å². The first-order chi connectivity index (χ1) is 7.78. The first kappa shape index (κ1) is 11.2. The van der Waals surface area contributed by atoms with Gasteiger partial charge in [0.1, 0.15) is 5.01 Å². The Morgan fingerprint density at radius 2 is 2.12 bits per heavy atom. The first-order valence-corrected chi connectivity index (χ1v) is 6.11. The predicted octanol–water partition coefficient (Wildman–Crippen LogP) is 1.34. The van der Waals surface area contributed by atoms with Crippen LogP contribution >= 0.6 is 11.3 Å². The molecule has 0 saturated carbocycles. The molecule has 0 spiro atoms. The van der Waals surface area contributed by atoms with Gasteiger partial charge in [-0.15, -0.1) is 10.2 Å². The number of nitrogens with zero attached hydrogens (tertiary/aromatic N) is 4. The van der Waals surface area contributed by atoms with E-state index in [1.165, 1.54) is 11.3 Å². The topological polar surface area (TPSA) is 63.8 Å². The second-order valence-corrected chi connectivity index (χ2v) is 4.42. The molecule has 2 aromatic heterocycles. The SMILES string of the molecule is CCc1cc(CC)n(-c2nnc(CO)s2)n1. The highest BCUT2D eigenvalue weighted by molar-refractivity contribution is 7.13. The summed E-state index contributed by atoms with van der Waals surface area (Å²) < 4.78 is 1.82. The van der Waals surface area contributed by atoms with Crippen molar-refractivity contribution < 1.29 is 5.11 Å². The van der Waals surface area contributed by atoms with Crippen molar-refractivity contribution in [3.05, 3.63) is 22.5 Å². The van der Waals surface area contributed by atoms with Gasteiger partial charge in [-0.1, -0.05) is 25.2 Å². The van der Waals surface area contributed by atoms with Crippen LogP contribution in [-0.2, 0) is 19.4 Å². The Morgan fingerprint density at radius 1 is 1.31 bits per heavy atom. The lowest BCUT2D eigenvalue weighted by atomic mass is 10.3. The first-order valence-electron chi connectivity index (χ1n) is 5.29. The van der Waals surface area contributed by atoms with Gasteiger partial charge in [0.15, 0.2) is 0 Å². The zero-order valence-electron chi connectivity index (χ0n) is 9.34. The van der Waals surface area contributed by atoms with Crippen LogP contribution in [0.4, 0.5) is 0 Å². The minimum Gasteiger partial charge on any atom is -0.389 e. The monoisotopic (exact) mass is 238 g/mol. The van der Waals surface area contributed by atoms with Crippen LogP contribution in [0.25, 0.3) is 5.13 Å². The van der Waals surface area contributed by atoms with E-state index in [1.807, 2.05) is 4.68 Å². The lowest BCUT2D eigenvalue weighted by Gasteiger charge is -1.98. The fourth-order valence-corrected chi connectivity index (χ4v) is 2.14. The molecule has 0 aliphatic heterocycles. The second-order valence-electron chi connectivity index (χ2n) is 3.38. The fourth-order valence-electron chi connectivity index (χ4n) is 1.46. The lowest BCUT2D eigenvalue weighted by molar-refractivity contribution is 0.280. The number of aliphatic hydroxyl groups is 1. The Bertz CT molecular complexity index is 477. The average molecular weight is 238 g/mol. The molecule has 6 heteroatoms. The summed E-state index contributed by atoms with van der Waals surface area (Å²) in [5.41, 5.74) is 2.18. The molecule has 16 heavy (non-hydrogen) atoms. The van der Waals surface area contributed by atoms with Gasteiger partial charge in [0.25, 0.3) is 0 Å². The van der Waals surface area contributed by atoms with Gasteiger partial charge in [-0.25, -0.2) is 4.68 Å². The van der Waals surface area contributed by atoms with Crippen LogP contribution in [0.15, 0.2) is 6.07 Å². The van der Waals surface area contributed by atoms with Gasteiger partial charge < -0.3 is 5.11 Å². The standard InChI is InChI=1S/C10H14N4OS/c1-3-7-5-8(4-2)14(13-7)10-12-11-9(6-15)16-10/h5,15H,3-4,6H2,1-2H3. The highest BCUT2D eigenvalue weighted by Crippen LogP contribution is 2.18. The molecule has 0 atom stereocenters. The molecule has 5 nitrogen and oxygen atoms in total. The Balaban J connectivity index is 2.41. The second kappa shape index (κ2) is 4.71. The summed E-state index contributed by atoms with van der Waals surface area (Å²) in [5.74, 6) is 0. The molecule has 0 aromatic carbocycles. The van der Waals surface area contributed by atoms with Crippen molar-refractivity contribution in [2.24, 2.45) is 0 Å². The molecule has 0 bridgehead atoms. The van der Waals surface area contributed by atoms with Crippen LogP contribution in [0.5, 0.6) is 0 Å². The van der Waals surface area contributed by atoms with Gasteiger partial charge in [0.2, 0.25) is 5.13 Å². The van der Waals surface area contributed by atoms with E-state index in [0.29, 0.717) is 5.01 Å². The maximum atomic E-state index is 8.95. The van der Waals surface area contributed by atoms with Gasteiger partial charge in [0, 0.05) is 5.69 Å². The van der Waals surface area contributed by atoms with Crippen molar-refractivity contribution in [1.82, 2.24) is 20.0 Å². The lowest BCUT2D eigenvalue weighted by Crippen LogP contribution is -2.00. The van der Waals surface area contributed by atoms with Crippen LogP contribution in [0.2, 0.25) is 0 Å². The number of aromatic nitrogens is 4. The molecule has 0 aliphatic rings. The number of aliphatic hydroxyl groups excluding tert-OH is 1. The molecular formula is C10H14N4OS. The molecule has 1 N–H and O–H groups in total. The summed E-state index contributed by atoms with van der Waals surface area (Å²) in [5, 5.41) is 22.7. The zero-order chi connectivity index (χ0) is 11.5. The Labute approximate surface area is 97.8 Å². The minimum absolute atomic E-state index is 0.0684. The summed E-state index contributed by atoms with van der Waals surface area (Å²) in [6.45, 7) is 4.09. The van der Waals surface area contributed by atoms with E-state index in [9.17, 15) is 0 Å². The van der Waals surface area contributed by atoms with E-state index in [4.69, 9.17) is 5.11 Å². The van der Waals surface area contributed by atoms with Crippen LogP contribution in [0.3, 0.4) is 0 Å². The number of aryl methyl sites for hydroxylation is 2. The summed E-state index contributed by atoms with van der Waals surface area (Å²) in [6.07, 6.45) is 1.81. The molecule has 0 unspecified atom stereocenters. The highest BCUT2D eigenvalue weighted by atomic mass is 32.1. The van der Waals surface area contributed by atoms with Gasteiger partial charge in [-0.2, -0.15) is 5.10 Å². The van der Waals surface area contributed by atoms with Crippen LogP contribution in [-0.4, -0.2) is 25.1 Å². The van der Waals surface area contributed by atoms with Crippen molar-refractivity contribution in [2.45, 2.75) is 33.3 Å². The van der Waals surface area contributed by atoms with E-state index in [2.05, 4.69) is 35.2 Å². The van der Waals surface area contributed by atoms with Gasteiger partial charge in [-0.05, 0) is 18.9 Å². The van der Waals surface area contributed by atoms with E-state index in [1.54, 1.807) is 0 Å². The summed E-state index contributed by atoms with van der Waals surface area (Å²) >= 11 is 1.37. The van der Waals surface area contributed by atoms with Crippen molar-refractivity contribution in [3.8, 4) is 5.13 Å². The zero-order valence-corrected chi connectivity index (χ0v) is 10.2. The van der Waals surface area contributed by atoms with Gasteiger partial charge >= 0.3 is 0 Å². The van der Waals surface area contributed by atoms with E-state index in [-0.39, 0.29) is 6.61 Å². The van der Waals surface area contributed by atoms with Gasteiger partial charge in [0.05, 0.1) is 12.3 Å². The normalized spacial score (nSPS) is 10.9. The minimum atomic E-state index is -0.0684. The van der Waals surface area contributed by atoms with E-state index >= 15 is 0 Å². The fraction of sp³-hybridized carbons (Fsp3) is 0.500. The third-order valence-electron chi connectivity index (χ3n) is 2.33. The molecule has 2 rings (SSSR count). The van der Waals surface area contributed by atoms with Crippen molar-refractivity contribution in [1.29, 1.82) is 0 Å². The average Bonchev–Trinajstić information content (AvgIpc) is 2.94. The van der Waals surface area contributed by atoms with Gasteiger partial charge in [-0.3, -0.25) is 0 Å². The van der Waals surface area contributed by atoms with Crippen LogP contribution < -0.4 is 0 Å². The number of hydrogen-bond donors (Lipinski definition) is 1. The quantitative estimate of drug-likeness (QED) is 0.873. The van der Waals surface area contributed by atoms with E-state index in [0.717, 1.165) is 29.4 Å². The van der Waals surface area contributed by atoms with E-state index < -0.39 is 0 Å². The molecule has 0 radical (unpaired) electrons. The van der Waals surface area contributed by atoms with Crippen LogP contribution in [0, 0.1) is 0 Å². The van der Waals surface area contributed by atoms with Crippen molar-refractivity contribution >= 4 is 11.3 Å². The predicted molar refractivity (Wildman–Crippen MR) is 61.7 cm³/mol. The van der Waals surface area contributed by atoms with Crippen molar-refractivity contribution in [3.63, 3.8) is 0 Å². The summed E-state index contributed by atoms with van der Waals surface area (Å²) in [6, 6.07) is 2.08. The number of hydrogen-bond acceptors (Lipinski definition) is 5. The maximum absolute atomic E-state index is 8.95. The Hall–Kier alpha value is -1.27. The maximum Gasteiger partial charge on any atom is 0.233 e. The molecule has 0 amide bonds. The highest BCUT2D eigenvalue weighted by Gasteiger charge is 2.11. The molecule has 2 aromatic rings. The molecular weight excluding hydrogens is 224 g/mol. The molecule has 0 aliphatic carbocycles. The molecule has 2 heterocycles. The third kappa shape index (κ3) is 1.98. The Kier molecular flexibility index (Phi) is 3.31. The molecule has 0 saturated heterocycles.